The Bertz CT molecular complexity index is 2140. The van der Waals surface area contributed by atoms with E-state index in [0.717, 1.165) is 0 Å². The molecule has 40 heavy (non-hydrogen) atoms. The summed E-state index contributed by atoms with van der Waals surface area (Å²) in [6.45, 7) is 0. The molecule has 0 atom stereocenters. The van der Waals surface area contributed by atoms with Crippen LogP contribution in [0.1, 0.15) is 0 Å². The molecule has 0 saturated heterocycles. The van der Waals surface area contributed by atoms with Crippen LogP contribution in [0.3, 0.4) is 0 Å². The van der Waals surface area contributed by atoms with Crippen LogP contribution in [-0.2, 0) is 0 Å². The van der Waals surface area contributed by atoms with Gasteiger partial charge in [-0.3, -0.25) is 0 Å². The Labute approximate surface area is 233 Å². The van der Waals surface area contributed by atoms with Crippen molar-refractivity contribution in [3.8, 4) is 33.4 Å². The van der Waals surface area contributed by atoms with Gasteiger partial charge in [0.25, 0.3) is 0 Å². The first-order valence-corrected chi connectivity index (χ1v) is 13.9. The number of fused-ring (bicyclic) bond motifs is 4. The minimum atomic E-state index is 1.23. The molecular formula is C40H26. The zero-order valence-electron chi connectivity index (χ0n) is 22.0. The lowest BCUT2D eigenvalue weighted by molar-refractivity contribution is 1.63. The van der Waals surface area contributed by atoms with Gasteiger partial charge < -0.3 is 0 Å². The Hall–Kier alpha value is -5.20. The van der Waals surface area contributed by atoms with Gasteiger partial charge >= 0.3 is 0 Å². The van der Waals surface area contributed by atoms with Crippen molar-refractivity contribution in [2.24, 2.45) is 0 Å². The minimum Gasteiger partial charge on any atom is -0.0622 e. The first-order valence-electron chi connectivity index (χ1n) is 13.9. The topological polar surface area (TPSA) is 0 Å². The largest absolute Gasteiger partial charge is 0.0622 e. The Kier molecular flexibility index (Phi) is 5.24. The van der Waals surface area contributed by atoms with Crippen molar-refractivity contribution >= 4 is 43.1 Å². The van der Waals surface area contributed by atoms with Gasteiger partial charge in [0.15, 0.2) is 0 Å². The Morgan fingerprint density at radius 2 is 0.675 bits per heavy atom. The van der Waals surface area contributed by atoms with Crippen molar-refractivity contribution in [3.63, 3.8) is 0 Å². The highest BCUT2D eigenvalue weighted by molar-refractivity contribution is 6.24. The third-order valence-electron chi connectivity index (χ3n) is 8.23. The molecule has 0 heterocycles. The van der Waals surface area contributed by atoms with Crippen molar-refractivity contribution < 1.29 is 0 Å². The third kappa shape index (κ3) is 3.54. The van der Waals surface area contributed by atoms with Gasteiger partial charge in [-0.25, -0.2) is 0 Å². The number of rotatable bonds is 3. The normalized spacial score (nSPS) is 11.5. The molecule has 0 saturated carbocycles. The molecule has 8 rings (SSSR count). The van der Waals surface area contributed by atoms with E-state index < -0.39 is 0 Å². The van der Waals surface area contributed by atoms with E-state index in [1.54, 1.807) is 0 Å². The maximum atomic E-state index is 2.39. The van der Waals surface area contributed by atoms with Crippen molar-refractivity contribution in [1.82, 2.24) is 0 Å². The van der Waals surface area contributed by atoms with Gasteiger partial charge in [0.2, 0.25) is 0 Å². The summed E-state index contributed by atoms with van der Waals surface area (Å²) in [5, 5.41) is 10.2. The molecule has 0 fully saturated rings. The second-order valence-electron chi connectivity index (χ2n) is 10.5. The molecule has 8 aromatic rings. The highest BCUT2D eigenvalue weighted by atomic mass is 14.2. The average Bonchev–Trinajstić information content (AvgIpc) is 3.03. The fourth-order valence-electron chi connectivity index (χ4n) is 6.46. The number of benzene rings is 8. The lowest BCUT2D eigenvalue weighted by atomic mass is 9.82. The van der Waals surface area contributed by atoms with Crippen molar-refractivity contribution in [1.29, 1.82) is 0 Å². The van der Waals surface area contributed by atoms with E-state index in [0.29, 0.717) is 0 Å². The van der Waals surface area contributed by atoms with Crippen LogP contribution in [-0.4, -0.2) is 0 Å². The summed E-state index contributed by atoms with van der Waals surface area (Å²) in [6, 6.07) is 57.6. The fourth-order valence-corrected chi connectivity index (χ4v) is 6.46. The number of hydrogen-bond acceptors (Lipinski definition) is 0. The van der Waals surface area contributed by atoms with Crippen LogP contribution in [0.4, 0.5) is 0 Å². The predicted octanol–water partition coefficient (Wildman–Crippen LogP) is 11.3. The lowest BCUT2D eigenvalue weighted by Crippen LogP contribution is -1.93. The van der Waals surface area contributed by atoms with E-state index in [9.17, 15) is 0 Å². The first kappa shape index (κ1) is 22.8. The van der Waals surface area contributed by atoms with Gasteiger partial charge in [-0.1, -0.05) is 146 Å². The van der Waals surface area contributed by atoms with Crippen LogP contribution >= 0.6 is 0 Å². The fraction of sp³-hybridized carbons (Fsp3) is 0. The monoisotopic (exact) mass is 506 g/mol. The molecule has 0 aliphatic heterocycles. The minimum absolute atomic E-state index is 1.23. The molecule has 0 unspecified atom stereocenters. The van der Waals surface area contributed by atoms with Crippen LogP contribution in [0, 0.1) is 0 Å². The van der Waals surface area contributed by atoms with Crippen LogP contribution in [0.5, 0.6) is 0 Å². The zero-order valence-corrected chi connectivity index (χ0v) is 22.0. The molecule has 0 radical (unpaired) electrons. The first-order chi connectivity index (χ1) is 19.9. The highest BCUT2D eigenvalue weighted by Gasteiger charge is 2.20. The predicted molar refractivity (Wildman–Crippen MR) is 173 cm³/mol. The molecule has 0 heteroatoms. The highest BCUT2D eigenvalue weighted by Crippen LogP contribution is 2.47. The molecule has 186 valence electrons. The Morgan fingerprint density at radius 1 is 0.250 bits per heavy atom. The third-order valence-corrected chi connectivity index (χ3v) is 8.23. The van der Waals surface area contributed by atoms with Crippen LogP contribution < -0.4 is 0 Å². The molecule has 0 aliphatic carbocycles. The van der Waals surface area contributed by atoms with Crippen molar-refractivity contribution in [2.45, 2.75) is 0 Å². The molecule has 8 aromatic carbocycles. The number of hydrogen-bond donors (Lipinski definition) is 0. The summed E-state index contributed by atoms with van der Waals surface area (Å²) in [7, 11) is 0. The van der Waals surface area contributed by atoms with E-state index in [1.165, 1.54) is 76.5 Å². The van der Waals surface area contributed by atoms with Crippen LogP contribution in [0.2, 0.25) is 0 Å². The van der Waals surface area contributed by atoms with Gasteiger partial charge in [0, 0.05) is 0 Å². The second-order valence-corrected chi connectivity index (χ2v) is 10.5. The SMILES string of the molecule is c1ccc(-c2cc3ccccc3cc2-c2c3ccccc3c(-c3cccc4ccccc34)c3ccccc23)cc1. The molecule has 0 N–H and O–H groups in total. The summed E-state index contributed by atoms with van der Waals surface area (Å²) in [5.74, 6) is 0. The molecule has 0 aliphatic rings. The van der Waals surface area contributed by atoms with E-state index in [4.69, 9.17) is 0 Å². The quantitative estimate of drug-likeness (QED) is 0.209. The van der Waals surface area contributed by atoms with Gasteiger partial charge in [0.05, 0.1) is 0 Å². The summed E-state index contributed by atoms with van der Waals surface area (Å²) in [4.78, 5) is 0. The molecule has 0 spiro atoms. The molecule has 0 aromatic heterocycles. The second kappa shape index (κ2) is 9.22. The van der Waals surface area contributed by atoms with E-state index in [2.05, 4.69) is 158 Å². The molecule has 0 bridgehead atoms. The van der Waals surface area contributed by atoms with Gasteiger partial charge in [-0.05, 0) is 88.6 Å². The summed E-state index contributed by atoms with van der Waals surface area (Å²) in [6.07, 6.45) is 0. The van der Waals surface area contributed by atoms with Gasteiger partial charge in [-0.15, -0.1) is 0 Å². The molecule has 0 amide bonds. The van der Waals surface area contributed by atoms with Crippen molar-refractivity contribution in [3.05, 3.63) is 158 Å². The van der Waals surface area contributed by atoms with Gasteiger partial charge in [-0.2, -0.15) is 0 Å². The Morgan fingerprint density at radius 3 is 1.27 bits per heavy atom. The smallest absolute Gasteiger partial charge is 0.00199 e. The van der Waals surface area contributed by atoms with E-state index in [-0.39, 0.29) is 0 Å². The van der Waals surface area contributed by atoms with Crippen LogP contribution in [0.25, 0.3) is 76.5 Å². The maximum absolute atomic E-state index is 2.39. The van der Waals surface area contributed by atoms with Crippen LogP contribution in [0.15, 0.2) is 158 Å². The summed E-state index contributed by atoms with van der Waals surface area (Å²) in [5.41, 5.74) is 7.62. The maximum Gasteiger partial charge on any atom is -0.00199 e. The van der Waals surface area contributed by atoms with E-state index in [1.807, 2.05) is 0 Å². The lowest BCUT2D eigenvalue weighted by Gasteiger charge is -2.21. The average molecular weight is 507 g/mol. The standard InChI is InChI=1S/C40H26/c1-2-13-28(14-3-1)37-25-29-16-4-5-17-30(29)26-38(37)40-35-22-10-8-20-33(35)39(34-21-9-11-23-36(34)40)32-24-12-18-27-15-6-7-19-31(27)32/h1-26H. The van der Waals surface area contributed by atoms with Gasteiger partial charge in [0.1, 0.15) is 0 Å². The summed E-state index contributed by atoms with van der Waals surface area (Å²) >= 11 is 0. The summed E-state index contributed by atoms with van der Waals surface area (Å²) < 4.78 is 0. The van der Waals surface area contributed by atoms with E-state index >= 15 is 0 Å². The molecule has 0 nitrogen and oxygen atoms in total. The molecular weight excluding hydrogens is 480 g/mol. The van der Waals surface area contributed by atoms with Crippen molar-refractivity contribution in [2.75, 3.05) is 0 Å². The zero-order chi connectivity index (χ0) is 26.5. The Balaban J connectivity index is 1.56.